The molecule has 6 heteroatoms. The molecule has 0 bridgehead atoms. The van der Waals surface area contributed by atoms with Crippen LogP contribution in [0.2, 0.25) is 0 Å². The number of anilines is 2. The number of esters is 2. The number of benzene rings is 2. The summed E-state index contributed by atoms with van der Waals surface area (Å²) in [5.41, 5.74) is 1.93. The van der Waals surface area contributed by atoms with E-state index in [1.54, 1.807) is 24.3 Å². The lowest BCUT2D eigenvalue weighted by Crippen LogP contribution is -2.08. The molecular formula is C18H17NO5. The van der Waals surface area contributed by atoms with Crippen LogP contribution in [-0.2, 0) is 9.47 Å². The van der Waals surface area contributed by atoms with Gasteiger partial charge in [-0.15, -0.1) is 0 Å². The molecule has 0 aliphatic heterocycles. The third-order valence-corrected chi connectivity index (χ3v) is 3.36. The minimum atomic E-state index is -0.580. The Morgan fingerprint density at radius 2 is 1.42 bits per heavy atom. The summed E-state index contributed by atoms with van der Waals surface area (Å²) in [5.74, 6) is -1.26. The van der Waals surface area contributed by atoms with Crippen molar-refractivity contribution in [1.29, 1.82) is 0 Å². The third kappa shape index (κ3) is 3.78. The van der Waals surface area contributed by atoms with Crippen molar-refractivity contribution in [3.63, 3.8) is 0 Å². The Morgan fingerprint density at radius 3 is 1.92 bits per heavy atom. The fraction of sp³-hybridized carbons (Fsp3) is 0.167. The van der Waals surface area contributed by atoms with E-state index in [0.29, 0.717) is 16.9 Å². The first-order chi connectivity index (χ1) is 11.5. The molecule has 124 valence electrons. The number of methoxy groups -OCH3 is 2. The van der Waals surface area contributed by atoms with Gasteiger partial charge >= 0.3 is 11.9 Å². The predicted molar refractivity (Wildman–Crippen MR) is 88.9 cm³/mol. The van der Waals surface area contributed by atoms with Gasteiger partial charge < -0.3 is 14.8 Å². The second-order valence-corrected chi connectivity index (χ2v) is 5.01. The fourth-order valence-electron chi connectivity index (χ4n) is 2.23. The van der Waals surface area contributed by atoms with E-state index in [2.05, 4.69) is 5.32 Å². The number of para-hydroxylation sites is 1. The average molecular weight is 327 g/mol. The first kappa shape index (κ1) is 17.2. The summed E-state index contributed by atoms with van der Waals surface area (Å²) in [5, 5.41) is 3.06. The normalized spacial score (nSPS) is 9.96. The number of carbonyl (C=O) groups is 3. The minimum Gasteiger partial charge on any atom is -0.465 e. The van der Waals surface area contributed by atoms with Gasteiger partial charge in [0.2, 0.25) is 0 Å². The van der Waals surface area contributed by atoms with Gasteiger partial charge in [0.15, 0.2) is 5.78 Å². The van der Waals surface area contributed by atoms with E-state index in [1.807, 2.05) is 0 Å². The summed E-state index contributed by atoms with van der Waals surface area (Å²) in [6.07, 6.45) is 0. The highest BCUT2D eigenvalue weighted by atomic mass is 16.5. The summed E-state index contributed by atoms with van der Waals surface area (Å²) >= 11 is 0. The monoisotopic (exact) mass is 327 g/mol. The lowest BCUT2D eigenvalue weighted by Gasteiger charge is -2.12. The van der Waals surface area contributed by atoms with E-state index >= 15 is 0 Å². The molecule has 0 radical (unpaired) electrons. The SMILES string of the molecule is COC(=O)c1cc(Nc2ccccc2C(C)=O)cc(C(=O)OC)c1. The number of hydrogen-bond donors (Lipinski definition) is 1. The first-order valence-corrected chi connectivity index (χ1v) is 7.15. The van der Waals surface area contributed by atoms with E-state index in [0.717, 1.165) is 0 Å². The molecule has 0 aromatic heterocycles. The molecule has 2 aromatic carbocycles. The zero-order valence-corrected chi connectivity index (χ0v) is 13.6. The first-order valence-electron chi connectivity index (χ1n) is 7.15. The predicted octanol–water partition coefficient (Wildman–Crippen LogP) is 3.21. The topological polar surface area (TPSA) is 81.7 Å². The minimum absolute atomic E-state index is 0.101. The number of ketones is 1. The molecule has 0 heterocycles. The molecule has 0 atom stereocenters. The largest absolute Gasteiger partial charge is 0.465 e. The van der Waals surface area contributed by atoms with Gasteiger partial charge in [0.1, 0.15) is 0 Å². The lowest BCUT2D eigenvalue weighted by atomic mass is 10.1. The van der Waals surface area contributed by atoms with E-state index in [-0.39, 0.29) is 16.9 Å². The van der Waals surface area contributed by atoms with Crippen LogP contribution in [0.1, 0.15) is 38.0 Å². The van der Waals surface area contributed by atoms with Crippen molar-refractivity contribution in [2.45, 2.75) is 6.92 Å². The number of hydrogen-bond acceptors (Lipinski definition) is 6. The van der Waals surface area contributed by atoms with Crippen molar-refractivity contribution >= 4 is 29.1 Å². The average Bonchev–Trinajstić information content (AvgIpc) is 2.60. The Bertz CT molecular complexity index is 763. The molecule has 6 nitrogen and oxygen atoms in total. The summed E-state index contributed by atoms with van der Waals surface area (Å²) < 4.78 is 9.40. The van der Waals surface area contributed by atoms with E-state index in [9.17, 15) is 14.4 Å². The fourth-order valence-corrected chi connectivity index (χ4v) is 2.23. The van der Waals surface area contributed by atoms with Gasteiger partial charge in [-0.3, -0.25) is 4.79 Å². The smallest absolute Gasteiger partial charge is 0.337 e. The van der Waals surface area contributed by atoms with Gasteiger partial charge in [0.25, 0.3) is 0 Å². The molecule has 0 aliphatic rings. The third-order valence-electron chi connectivity index (χ3n) is 3.36. The molecule has 0 spiro atoms. The number of ether oxygens (including phenoxy) is 2. The second kappa shape index (κ2) is 7.41. The zero-order valence-electron chi connectivity index (χ0n) is 13.6. The van der Waals surface area contributed by atoms with Gasteiger partial charge in [0.05, 0.1) is 25.3 Å². The molecule has 0 aliphatic carbocycles. The highest BCUT2D eigenvalue weighted by Crippen LogP contribution is 2.24. The van der Waals surface area contributed by atoms with Crippen molar-refractivity contribution in [2.24, 2.45) is 0 Å². The Hall–Kier alpha value is -3.15. The van der Waals surface area contributed by atoms with Gasteiger partial charge in [0, 0.05) is 16.9 Å². The standard InChI is InChI=1S/C18H17NO5/c1-11(20)15-6-4-5-7-16(15)19-14-9-12(17(21)23-2)8-13(10-14)18(22)24-3/h4-10,19H,1-3H3. The van der Waals surface area contributed by atoms with Crippen LogP contribution in [0.15, 0.2) is 42.5 Å². The van der Waals surface area contributed by atoms with Gasteiger partial charge in [-0.1, -0.05) is 12.1 Å². The number of Topliss-reactive ketones (excluding diaryl/α,β-unsaturated/α-hetero) is 1. The van der Waals surface area contributed by atoms with Crippen LogP contribution in [-0.4, -0.2) is 31.9 Å². The van der Waals surface area contributed by atoms with Crippen LogP contribution in [0.3, 0.4) is 0 Å². The maximum atomic E-state index is 11.8. The summed E-state index contributed by atoms with van der Waals surface area (Å²) in [4.78, 5) is 35.3. The quantitative estimate of drug-likeness (QED) is 0.671. The van der Waals surface area contributed by atoms with E-state index in [1.165, 1.54) is 39.3 Å². The Balaban J connectivity index is 2.48. The molecular weight excluding hydrogens is 310 g/mol. The molecule has 0 saturated heterocycles. The lowest BCUT2D eigenvalue weighted by molar-refractivity contribution is 0.0599. The molecule has 24 heavy (non-hydrogen) atoms. The van der Waals surface area contributed by atoms with Crippen molar-refractivity contribution in [3.05, 3.63) is 59.2 Å². The van der Waals surface area contributed by atoms with Crippen LogP contribution < -0.4 is 5.32 Å². The van der Waals surface area contributed by atoms with Gasteiger partial charge in [-0.25, -0.2) is 9.59 Å². The number of rotatable bonds is 5. The molecule has 1 N–H and O–H groups in total. The van der Waals surface area contributed by atoms with Gasteiger partial charge in [-0.05, 0) is 37.3 Å². The second-order valence-electron chi connectivity index (χ2n) is 5.01. The maximum absolute atomic E-state index is 11.8. The van der Waals surface area contributed by atoms with Crippen LogP contribution >= 0.6 is 0 Å². The van der Waals surface area contributed by atoms with Crippen molar-refractivity contribution in [2.75, 3.05) is 19.5 Å². The molecule has 2 aromatic rings. The zero-order chi connectivity index (χ0) is 17.7. The molecule has 0 amide bonds. The van der Waals surface area contributed by atoms with Gasteiger partial charge in [-0.2, -0.15) is 0 Å². The molecule has 0 fully saturated rings. The Kier molecular flexibility index (Phi) is 5.31. The Labute approximate surface area is 139 Å². The Morgan fingerprint density at radius 1 is 0.875 bits per heavy atom. The van der Waals surface area contributed by atoms with Crippen LogP contribution in [0.25, 0.3) is 0 Å². The van der Waals surface area contributed by atoms with Crippen molar-refractivity contribution in [3.8, 4) is 0 Å². The summed E-state index contributed by atoms with van der Waals surface area (Å²) in [6, 6.07) is 11.4. The highest BCUT2D eigenvalue weighted by molar-refractivity contribution is 6.01. The highest BCUT2D eigenvalue weighted by Gasteiger charge is 2.15. The summed E-state index contributed by atoms with van der Waals surface area (Å²) in [7, 11) is 2.51. The molecule has 0 saturated carbocycles. The maximum Gasteiger partial charge on any atom is 0.337 e. The van der Waals surface area contributed by atoms with Crippen LogP contribution in [0.5, 0.6) is 0 Å². The number of nitrogens with one attached hydrogen (secondary N) is 1. The van der Waals surface area contributed by atoms with Crippen molar-refractivity contribution < 1.29 is 23.9 Å². The van der Waals surface area contributed by atoms with Crippen molar-refractivity contribution in [1.82, 2.24) is 0 Å². The summed E-state index contributed by atoms with van der Waals surface area (Å²) in [6.45, 7) is 1.46. The van der Waals surface area contributed by atoms with E-state index < -0.39 is 11.9 Å². The van der Waals surface area contributed by atoms with Crippen LogP contribution in [0, 0.1) is 0 Å². The molecule has 2 rings (SSSR count). The molecule has 0 unspecified atom stereocenters. The van der Waals surface area contributed by atoms with Crippen LogP contribution in [0.4, 0.5) is 11.4 Å². The number of carbonyl (C=O) groups excluding carboxylic acids is 3. The van der Waals surface area contributed by atoms with E-state index in [4.69, 9.17) is 9.47 Å².